The van der Waals surface area contributed by atoms with Crippen LogP contribution in [0.1, 0.15) is 60.3 Å². The molecule has 234 valence electrons. The van der Waals surface area contributed by atoms with E-state index in [9.17, 15) is 10.2 Å². The van der Waals surface area contributed by atoms with Gasteiger partial charge in [-0.2, -0.15) is 0 Å². The number of aliphatic hydroxyl groups is 2. The summed E-state index contributed by atoms with van der Waals surface area (Å²) in [6.07, 6.45) is -5.12. The number of ether oxygens (including phenoxy) is 10. The van der Waals surface area contributed by atoms with E-state index in [1.165, 1.54) is 0 Å². The van der Waals surface area contributed by atoms with Gasteiger partial charge in [0.2, 0.25) is 0 Å². The van der Waals surface area contributed by atoms with Crippen molar-refractivity contribution in [2.75, 3.05) is 21.3 Å². The third kappa shape index (κ3) is 7.53. The molecular formula is C28H50O12. The molecule has 40 heavy (non-hydrogen) atoms. The lowest BCUT2D eigenvalue weighted by molar-refractivity contribution is -0.341. The van der Waals surface area contributed by atoms with E-state index in [1.54, 1.807) is 28.3 Å². The lowest BCUT2D eigenvalue weighted by Crippen LogP contribution is -2.57. The first-order valence-corrected chi connectivity index (χ1v) is 14.6. The molecule has 4 aliphatic rings. The Balaban J connectivity index is 1.31. The monoisotopic (exact) mass is 578 g/mol. The lowest BCUT2D eigenvalue weighted by Gasteiger charge is -2.46. The molecule has 4 aliphatic heterocycles. The van der Waals surface area contributed by atoms with Crippen LogP contribution in [0.25, 0.3) is 0 Å². The predicted molar refractivity (Wildman–Crippen MR) is 141 cm³/mol. The van der Waals surface area contributed by atoms with Crippen LogP contribution in [0.2, 0.25) is 0 Å². The summed E-state index contributed by atoms with van der Waals surface area (Å²) in [6, 6.07) is 0. The zero-order valence-corrected chi connectivity index (χ0v) is 25.0. The van der Waals surface area contributed by atoms with Crippen LogP contribution in [0, 0.1) is 0 Å². The van der Waals surface area contributed by atoms with Crippen molar-refractivity contribution in [2.24, 2.45) is 0 Å². The van der Waals surface area contributed by atoms with E-state index in [4.69, 9.17) is 47.4 Å². The largest absolute Gasteiger partial charge is 0.390 e. The van der Waals surface area contributed by atoms with Crippen LogP contribution >= 0.6 is 0 Å². The summed E-state index contributed by atoms with van der Waals surface area (Å²) in [4.78, 5) is 0. The highest BCUT2D eigenvalue weighted by Crippen LogP contribution is 2.34. The molecule has 0 spiro atoms. The molecule has 4 heterocycles. The Kier molecular flexibility index (Phi) is 11.6. The molecule has 4 saturated heterocycles. The van der Waals surface area contributed by atoms with E-state index in [0.29, 0.717) is 12.8 Å². The third-order valence-electron chi connectivity index (χ3n) is 8.59. The highest BCUT2D eigenvalue weighted by atomic mass is 16.7. The topological polar surface area (TPSA) is 133 Å². The van der Waals surface area contributed by atoms with Gasteiger partial charge in [-0.05, 0) is 34.6 Å². The van der Waals surface area contributed by atoms with E-state index in [1.807, 2.05) is 27.7 Å². The number of hydrogen-bond acceptors (Lipinski definition) is 12. The lowest BCUT2D eigenvalue weighted by atomic mass is 9.98. The zero-order chi connectivity index (χ0) is 29.1. The van der Waals surface area contributed by atoms with Gasteiger partial charge in [0.25, 0.3) is 0 Å². The fraction of sp³-hybridized carbons (Fsp3) is 1.00. The van der Waals surface area contributed by atoms with Gasteiger partial charge in [-0.3, -0.25) is 0 Å². The molecule has 2 N–H and O–H groups in total. The Morgan fingerprint density at radius 1 is 0.500 bits per heavy atom. The van der Waals surface area contributed by atoms with Crippen molar-refractivity contribution in [3.05, 3.63) is 0 Å². The van der Waals surface area contributed by atoms with Crippen LogP contribution in [-0.4, -0.2) is 130 Å². The van der Waals surface area contributed by atoms with Crippen molar-refractivity contribution in [1.29, 1.82) is 0 Å². The molecule has 0 radical (unpaired) electrons. The summed E-state index contributed by atoms with van der Waals surface area (Å²) in [5.41, 5.74) is 0. The predicted octanol–water partition coefficient (Wildman–Crippen LogP) is 1.51. The number of aliphatic hydroxyl groups excluding tert-OH is 2. The van der Waals surface area contributed by atoms with Gasteiger partial charge < -0.3 is 57.6 Å². The van der Waals surface area contributed by atoms with Gasteiger partial charge in [-0.15, -0.1) is 0 Å². The van der Waals surface area contributed by atoms with Crippen molar-refractivity contribution in [3.63, 3.8) is 0 Å². The second-order valence-corrected chi connectivity index (χ2v) is 11.6. The molecule has 0 bridgehead atoms. The van der Waals surface area contributed by atoms with Crippen LogP contribution in [0.3, 0.4) is 0 Å². The molecule has 0 aliphatic carbocycles. The number of rotatable bonds is 9. The van der Waals surface area contributed by atoms with Gasteiger partial charge >= 0.3 is 0 Å². The fourth-order valence-electron chi connectivity index (χ4n) is 6.37. The molecule has 0 saturated carbocycles. The van der Waals surface area contributed by atoms with Crippen LogP contribution in [-0.2, 0) is 47.4 Å². The summed E-state index contributed by atoms with van der Waals surface area (Å²) in [7, 11) is 4.86. The summed E-state index contributed by atoms with van der Waals surface area (Å²) in [5.74, 6) is 0. The summed E-state index contributed by atoms with van der Waals surface area (Å²) < 4.78 is 59.8. The van der Waals surface area contributed by atoms with Gasteiger partial charge in [-0.1, -0.05) is 0 Å². The average Bonchev–Trinajstić information content (AvgIpc) is 2.90. The molecule has 12 heteroatoms. The van der Waals surface area contributed by atoms with E-state index < -0.39 is 55.5 Å². The molecule has 0 aromatic heterocycles. The highest BCUT2D eigenvalue weighted by molar-refractivity contribution is 4.90. The van der Waals surface area contributed by atoms with Crippen LogP contribution in [0.5, 0.6) is 0 Å². The molecule has 16 atom stereocenters. The highest BCUT2D eigenvalue weighted by Gasteiger charge is 2.46. The Morgan fingerprint density at radius 2 is 0.925 bits per heavy atom. The van der Waals surface area contributed by atoms with Crippen LogP contribution < -0.4 is 0 Å². The molecule has 4 rings (SSSR count). The van der Waals surface area contributed by atoms with Crippen molar-refractivity contribution in [3.8, 4) is 0 Å². The molecule has 0 aromatic rings. The van der Waals surface area contributed by atoms with Gasteiger partial charge in [0, 0.05) is 47.0 Å². The first kappa shape index (κ1) is 32.4. The van der Waals surface area contributed by atoms with Gasteiger partial charge in [0.15, 0.2) is 18.9 Å². The maximum absolute atomic E-state index is 11.0. The SMILES string of the molecule is CO[C@H]1CC(O[C@H]2C(O)C[C@H](O[C@@H]3C(C)O[C@@H](C)C[C@@H]3OC)OC2C)O[C@H](C)[C@H]1OC1C[C@@H](OC)[C@H](O)C(C)O1. The standard InChI is InChI=1S/C28H50O12/c1-13-9-20(32-7)27(16(4)34-13)39-22-10-18(29)26(15(3)36-22)38-24-12-21(33-8)28(17(5)37-24)40-23-11-19(31-6)25(30)14(2)35-23/h13-30H,9-12H2,1-8H3/t13-,14?,15?,16?,17+,18?,19+,20-,21-,22-,23?,24?,25+,26+,27+,28+/m0/s1. The average molecular weight is 579 g/mol. The summed E-state index contributed by atoms with van der Waals surface area (Å²) in [6.45, 7) is 9.52. The molecular weight excluding hydrogens is 528 g/mol. The minimum atomic E-state index is -0.822. The van der Waals surface area contributed by atoms with Gasteiger partial charge in [0.1, 0.15) is 24.4 Å². The fourth-order valence-corrected chi connectivity index (χ4v) is 6.37. The van der Waals surface area contributed by atoms with Crippen molar-refractivity contribution >= 4 is 0 Å². The summed E-state index contributed by atoms with van der Waals surface area (Å²) in [5, 5.41) is 21.3. The maximum atomic E-state index is 11.0. The maximum Gasteiger partial charge on any atom is 0.161 e. The molecule has 6 unspecified atom stereocenters. The molecule has 12 nitrogen and oxygen atoms in total. The summed E-state index contributed by atoms with van der Waals surface area (Å²) >= 11 is 0. The molecule has 4 fully saturated rings. The van der Waals surface area contributed by atoms with Crippen LogP contribution in [0.15, 0.2) is 0 Å². The van der Waals surface area contributed by atoms with Crippen molar-refractivity contribution in [2.45, 2.75) is 159 Å². The first-order valence-electron chi connectivity index (χ1n) is 14.6. The minimum absolute atomic E-state index is 0.0853. The second kappa shape index (κ2) is 14.3. The van der Waals surface area contributed by atoms with Gasteiger partial charge in [-0.25, -0.2) is 0 Å². The van der Waals surface area contributed by atoms with E-state index in [0.717, 1.165) is 6.42 Å². The van der Waals surface area contributed by atoms with E-state index in [-0.39, 0.29) is 49.1 Å². The molecule has 0 amide bonds. The van der Waals surface area contributed by atoms with Crippen molar-refractivity contribution in [1.82, 2.24) is 0 Å². The first-order chi connectivity index (χ1) is 19.0. The Bertz CT molecular complexity index is 762. The minimum Gasteiger partial charge on any atom is -0.390 e. The smallest absolute Gasteiger partial charge is 0.161 e. The second-order valence-electron chi connectivity index (χ2n) is 11.6. The van der Waals surface area contributed by atoms with E-state index in [2.05, 4.69) is 0 Å². The Morgan fingerprint density at radius 3 is 1.48 bits per heavy atom. The number of hydrogen-bond donors (Lipinski definition) is 2. The van der Waals surface area contributed by atoms with Crippen molar-refractivity contribution < 1.29 is 57.6 Å². The number of methoxy groups -OCH3 is 3. The Hall–Kier alpha value is -0.480. The quantitative estimate of drug-likeness (QED) is 0.411. The Labute approximate surface area is 237 Å². The zero-order valence-electron chi connectivity index (χ0n) is 25.0. The van der Waals surface area contributed by atoms with Gasteiger partial charge in [0.05, 0.1) is 54.9 Å². The molecule has 0 aromatic carbocycles. The van der Waals surface area contributed by atoms with Crippen LogP contribution in [0.4, 0.5) is 0 Å². The third-order valence-corrected chi connectivity index (χ3v) is 8.59. The van der Waals surface area contributed by atoms with E-state index >= 15 is 0 Å². The normalized spacial score (nSPS) is 50.5.